The van der Waals surface area contributed by atoms with E-state index in [0.717, 1.165) is 0 Å². The first-order chi connectivity index (χ1) is 12.6. The summed E-state index contributed by atoms with van der Waals surface area (Å²) in [5.41, 5.74) is 0.741. The molecule has 0 radical (unpaired) electrons. The Morgan fingerprint density at radius 3 is 2.62 bits per heavy atom. The van der Waals surface area contributed by atoms with E-state index in [1.807, 2.05) is 0 Å². The molecule has 9 nitrogen and oxygen atoms in total. The number of hydrogen-bond acceptors (Lipinski definition) is 8. The zero-order chi connectivity index (χ0) is 18.5. The van der Waals surface area contributed by atoms with E-state index >= 15 is 0 Å². The van der Waals surface area contributed by atoms with E-state index in [1.54, 1.807) is 38.3 Å². The molecule has 0 aliphatic heterocycles. The van der Waals surface area contributed by atoms with E-state index < -0.39 is 0 Å². The van der Waals surface area contributed by atoms with E-state index in [4.69, 9.17) is 14.0 Å². The van der Waals surface area contributed by atoms with Crippen molar-refractivity contribution in [2.75, 3.05) is 24.9 Å². The van der Waals surface area contributed by atoms with Gasteiger partial charge in [0.1, 0.15) is 11.5 Å². The number of hydrogen-bond donors (Lipinski definition) is 2. The highest BCUT2D eigenvalue weighted by atomic mass is 16.5. The van der Waals surface area contributed by atoms with Crippen molar-refractivity contribution >= 4 is 23.4 Å². The average Bonchev–Trinajstić information content (AvgIpc) is 3.06. The van der Waals surface area contributed by atoms with Gasteiger partial charge in [0.05, 0.1) is 14.2 Å². The standard InChI is InChI=1S/C17H17N5O4/c1-10-8-15(22-26-10)21-17-18-7-6-12(20-17)16(23)19-11-4-5-13(24-2)14(9-11)25-3/h4-9H,1-3H3,(H,19,23)(H,18,20,21,22). The van der Waals surface area contributed by atoms with Gasteiger partial charge in [0.2, 0.25) is 5.95 Å². The number of methoxy groups -OCH3 is 2. The summed E-state index contributed by atoms with van der Waals surface area (Å²) in [5, 5.41) is 9.42. The Morgan fingerprint density at radius 1 is 1.12 bits per heavy atom. The molecular formula is C17H17N5O4. The van der Waals surface area contributed by atoms with Gasteiger partial charge in [-0.1, -0.05) is 5.16 Å². The van der Waals surface area contributed by atoms with E-state index in [1.165, 1.54) is 19.4 Å². The van der Waals surface area contributed by atoms with E-state index in [-0.39, 0.29) is 17.5 Å². The number of carbonyl (C=O) groups is 1. The highest BCUT2D eigenvalue weighted by Gasteiger charge is 2.12. The van der Waals surface area contributed by atoms with Crippen molar-refractivity contribution in [3.8, 4) is 11.5 Å². The number of nitrogens with zero attached hydrogens (tertiary/aromatic N) is 3. The summed E-state index contributed by atoms with van der Waals surface area (Å²) in [5.74, 6) is 2.03. The zero-order valence-electron chi connectivity index (χ0n) is 14.4. The second-order valence-electron chi connectivity index (χ2n) is 5.24. The Kier molecular flexibility index (Phi) is 4.97. The monoisotopic (exact) mass is 355 g/mol. The van der Waals surface area contributed by atoms with Crippen LogP contribution in [-0.4, -0.2) is 35.3 Å². The molecule has 3 rings (SSSR count). The van der Waals surface area contributed by atoms with Crippen molar-refractivity contribution < 1.29 is 18.8 Å². The largest absolute Gasteiger partial charge is 0.493 e. The fraction of sp³-hybridized carbons (Fsp3) is 0.176. The molecule has 0 saturated heterocycles. The van der Waals surface area contributed by atoms with Crippen molar-refractivity contribution in [3.05, 3.63) is 48.0 Å². The number of carbonyl (C=O) groups excluding carboxylic acids is 1. The predicted octanol–water partition coefficient (Wildman–Crippen LogP) is 2.79. The van der Waals surface area contributed by atoms with Gasteiger partial charge in [-0.05, 0) is 25.1 Å². The van der Waals surface area contributed by atoms with Gasteiger partial charge in [-0.15, -0.1) is 0 Å². The maximum atomic E-state index is 12.4. The highest BCUT2D eigenvalue weighted by Crippen LogP contribution is 2.29. The molecule has 0 unspecified atom stereocenters. The number of rotatable bonds is 6. The molecule has 0 saturated carbocycles. The minimum absolute atomic E-state index is 0.192. The average molecular weight is 355 g/mol. The molecule has 2 N–H and O–H groups in total. The summed E-state index contributed by atoms with van der Waals surface area (Å²) >= 11 is 0. The third-order valence-electron chi connectivity index (χ3n) is 3.40. The lowest BCUT2D eigenvalue weighted by molar-refractivity contribution is 0.102. The molecule has 1 amide bonds. The first-order valence-electron chi connectivity index (χ1n) is 7.66. The Balaban J connectivity index is 1.74. The fourth-order valence-corrected chi connectivity index (χ4v) is 2.19. The summed E-state index contributed by atoms with van der Waals surface area (Å²) in [4.78, 5) is 20.7. The lowest BCUT2D eigenvalue weighted by Gasteiger charge is -2.10. The molecule has 2 heterocycles. The zero-order valence-corrected chi connectivity index (χ0v) is 14.4. The van der Waals surface area contributed by atoms with E-state index in [2.05, 4.69) is 25.8 Å². The van der Waals surface area contributed by atoms with Crippen LogP contribution in [0, 0.1) is 6.92 Å². The Labute approximate surface area is 149 Å². The van der Waals surface area contributed by atoms with Gasteiger partial charge in [-0.25, -0.2) is 9.97 Å². The number of aromatic nitrogens is 3. The molecular weight excluding hydrogens is 338 g/mol. The minimum atomic E-state index is -0.390. The predicted molar refractivity (Wildman–Crippen MR) is 94.1 cm³/mol. The van der Waals surface area contributed by atoms with Crippen LogP contribution in [0.1, 0.15) is 16.2 Å². The Bertz CT molecular complexity index is 925. The van der Waals surface area contributed by atoms with Crippen LogP contribution in [0.15, 0.2) is 41.1 Å². The quantitative estimate of drug-likeness (QED) is 0.694. The van der Waals surface area contributed by atoms with Gasteiger partial charge in [-0.2, -0.15) is 0 Å². The molecule has 2 aromatic heterocycles. The number of benzene rings is 1. The molecule has 9 heteroatoms. The normalized spacial score (nSPS) is 10.3. The SMILES string of the molecule is COc1ccc(NC(=O)c2ccnc(Nc3cc(C)on3)n2)cc1OC. The summed E-state index contributed by atoms with van der Waals surface area (Å²) in [6, 6.07) is 8.27. The number of anilines is 3. The molecule has 26 heavy (non-hydrogen) atoms. The van der Waals surface area contributed by atoms with Crippen LogP contribution >= 0.6 is 0 Å². The first kappa shape index (κ1) is 17.2. The van der Waals surface area contributed by atoms with Gasteiger partial charge < -0.3 is 24.6 Å². The van der Waals surface area contributed by atoms with Crippen LogP contribution in [0.2, 0.25) is 0 Å². The van der Waals surface area contributed by atoms with Crippen LogP contribution in [0.4, 0.5) is 17.5 Å². The number of aryl methyl sites for hydroxylation is 1. The smallest absolute Gasteiger partial charge is 0.274 e. The Morgan fingerprint density at radius 2 is 1.92 bits per heavy atom. The third kappa shape index (κ3) is 3.89. The van der Waals surface area contributed by atoms with Crippen molar-refractivity contribution in [1.82, 2.24) is 15.1 Å². The van der Waals surface area contributed by atoms with Crippen LogP contribution in [0.3, 0.4) is 0 Å². The van der Waals surface area contributed by atoms with Gasteiger partial charge >= 0.3 is 0 Å². The summed E-state index contributed by atoms with van der Waals surface area (Å²) in [6.45, 7) is 1.77. The summed E-state index contributed by atoms with van der Waals surface area (Å²) in [6.07, 6.45) is 1.48. The molecule has 0 bridgehead atoms. The molecule has 0 atom stereocenters. The second-order valence-corrected chi connectivity index (χ2v) is 5.24. The molecule has 1 aromatic carbocycles. The van der Waals surface area contributed by atoms with Crippen molar-refractivity contribution in [2.45, 2.75) is 6.92 Å². The van der Waals surface area contributed by atoms with Crippen molar-refractivity contribution in [1.29, 1.82) is 0 Å². The first-order valence-corrected chi connectivity index (χ1v) is 7.66. The second kappa shape index (κ2) is 7.51. The van der Waals surface area contributed by atoms with Crippen LogP contribution in [0.25, 0.3) is 0 Å². The topological polar surface area (TPSA) is 111 Å². The lowest BCUT2D eigenvalue weighted by Crippen LogP contribution is -2.15. The maximum absolute atomic E-state index is 12.4. The summed E-state index contributed by atoms with van der Waals surface area (Å²) < 4.78 is 15.4. The molecule has 0 aliphatic carbocycles. The number of nitrogens with one attached hydrogen (secondary N) is 2. The third-order valence-corrected chi connectivity index (χ3v) is 3.40. The molecule has 0 spiro atoms. The van der Waals surface area contributed by atoms with E-state index in [0.29, 0.717) is 28.8 Å². The Hall–Kier alpha value is -3.62. The van der Waals surface area contributed by atoms with Crippen LogP contribution < -0.4 is 20.1 Å². The maximum Gasteiger partial charge on any atom is 0.274 e. The van der Waals surface area contributed by atoms with Crippen molar-refractivity contribution in [3.63, 3.8) is 0 Å². The molecule has 0 fully saturated rings. The van der Waals surface area contributed by atoms with Gasteiger partial charge in [-0.3, -0.25) is 4.79 Å². The lowest BCUT2D eigenvalue weighted by atomic mass is 10.2. The highest BCUT2D eigenvalue weighted by molar-refractivity contribution is 6.03. The van der Waals surface area contributed by atoms with Gasteiger partial charge in [0.25, 0.3) is 5.91 Å². The summed E-state index contributed by atoms with van der Waals surface area (Å²) in [7, 11) is 3.07. The van der Waals surface area contributed by atoms with E-state index in [9.17, 15) is 4.79 Å². The number of ether oxygens (including phenoxy) is 2. The van der Waals surface area contributed by atoms with Gasteiger partial charge in [0.15, 0.2) is 17.3 Å². The number of amides is 1. The molecule has 134 valence electrons. The minimum Gasteiger partial charge on any atom is -0.493 e. The fourth-order valence-electron chi connectivity index (χ4n) is 2.19. The molecule has 0 aliphatic rings. The van der Waals surface area contributed by atoms with Crippen molar-refractivity contribution in [2.24, 2.45) is 0 Å². The van der Waals surface area contributed by atoms with Gasteiger partial charge in [0, 0.05) is 24.0 Å². The molecule has 3 aromatic rings. The van der Waals surface area contributed by atoms with Crippen LogP contribution in [0.5, 0.6) is 11.5 Å². The van der Waals surface area contributed by atoms with Crippen LogP contribution in [-0.2, 0) is 0 Å².